The molecule has 0 aliphatic heterocycles. The fourth-order valence-corrected chi connectivity index (χ4v) is 1.89. The molecular formula is C13H23N3O4. The summed E-state index contributed by atoms with van der Waals surface area (Å²) in [7, 11) is 3.39. The molecule has 0 saturated carbocycles. The maximum absolute atomic E-state index is 11.8. The van der Waals surface area contributed by atoms with Crippen molar-refractivity contribution in [1.82, 2.24) is 15.1 Å². The van der Waals surface area contributed by atoms with Gasteiger partial charge < -0.3 is 19.9 Å². The van der Waals surface area contributed by atoms with Gasteiger partial charge in [0.15, 0.2) is 0 Å². The molecule has 1 heterocycles. The van der Waals surface area contributed by atoms with Crippen LogP contribution in [0.3, 0.4) is 0 Å². The van der Waals surface area contributed by atoms with Crippen molar-refractivity contribution in [2.45, 2.75) is 25.9 Å². The first kappa shape index (κ1) is 16.6. The number of esters is 1. The number of aliphatic hydroxyl groups is 1. The number of rotatable bonds is 9. The van der Waals surface area contributed by atoms with Crippen LogP contribution in [0.25, 0.3) is 0 Å². The molecular weight excluding hydrogens is 262 g/mol. The van der Waals surface area contributed by atoms with Crippen LogP contribution in [0, 0.1) is 0 Å². The summed E-state index contributed by atoms with van der Waals surface area (Å²) >= 11 is 0. The zero-order chi connectivity index (χ0) is 15.0. The summed E-state index contributed by atoms with van der Waals surface area (Å²) in [5.74, 6) is -0.372. The van der Waals surface area contributed by atoms with Gasteiger partial charge in [-0.2, -0.15) is 5.10 Å². The molecule has 1 unspecified atom stereocenters. The van der Waals surface area contributed by atoms with Gasteiger partial charge in [0.1, 0.15) is 5.56 Å². The second-order valence-electron chi connectivity index (χ2n) is 4.39. The summed E-state index contributed by atoms with van der Waals surface area (Å²) in [4.78, 5) is 11.8. The molecule has 0 amide bonds. The quantitative estimate of drug-likeness (QED) is 0.625. The number of nitrogens with zero attached hydrogens (tertiary/aromatic N) is 2. The monoisotopic (exact) mass is 285 g/mol. The Kier molecular flexibility index (Phi) is 7.21. The molecule has 0 spiro atoms. The third-order valence-corrected chi connectivity index (χ3v) is 2.96. The van der Waals surface area contributed by atoms with Crippen LogP contribution in [-0.4, -0.2) is 53.8 Å². The van der Waals surface area contributed by atoms with Gasteiger partial charge in [-0.25, -0.2) is 4.79 Å². The Hall–Kier alpha value is -1.44. The number of carbonyl (C=O) groups is 1. The third-order valence-electron chi connectivity index (χ3n) is 2.96. The Morgan fingerprint density at radius 1 is 1.60 bits per heavy atom. The maximum atomic E-state index is 11.8. The highest BCUT2D eigenvalue weighted by Gasteiger charge is 2.18. The minimum Gasteiger partial charge on any atom is -0.462 e. The summed E-state index contributed by atoms with van der Waals surface area (Å²) in [5, 5.41) is 16.3. The molecule has 7 nitrogen and oxygen atoms in total. The zero-order valence-electron chi connectivity index (χ0n) is 12.3. The lowest BCUT2D eigenvalue weighted by Gasteiger charge is -2.17. The molecule has 0 aromatic carbocycles. The van der Waals surface area contributed by atoms with E-state index in [-0.39, 0.29) is 18.6 Å². The minimum atomic E-state index is -0.372. The highest BCUT2D eigenvalue weighted by molar-refractivity contribution is 5.90. The number of aromatic nitrogens is 2. The van der Waals surface area contributed by atoms with E-state index in [2.05, 4.69) is 10.4 Å². The molecule has 114 valence electrons. The summed E-state index contributed by atoms with van der Waals surface area (Å²) in [6.45, 7) is 3.13. The molecule has 2 N–H and O–H groups in total. The number of ether oxygens (including phenoxy) is 2. The first-order valence-electron chi connectivity index (χ1n) is 6.65. The van der Waals surface area contributed by atoms with E-state index in [0.717, 1.165) is 5.69 Å². The van der Waals surface area contributed by atoms with E-state index in [1.807, 2.05) is 0 Å². The standard InChI is InChI=1S/C13H23N3O4/c1-4-20-13(18)11-7-15-16(2)12(11)8-14-10(5-6-17)9-19-3/h7,10,14,17H,4-6,8-9H2,1-3H3. The van der Waals surface area contributed by atoms with Crippen molar-refractivity contribution in [3.63, 3.8) is 0 Å². The normalized spacial score (nSPS) is 12.4. The second-order valence-corrected chi connectivity index (χ2v) is 4.39. The van der Waals surface area contributed by atoms with Crippen molar-refractivity contribution < 1.29 is 19.4 Å². The van der Waals surface area contributed by atoms with Crippen LogP contribution in [0.4, 0.5) is 0 Å². The van der Waals surface area contributed by atoms with E-state index in [9.17, 15) is 4.79 Å². The molecule has 1 rings (SSSR count). The van der Waals surface area contributed by atoms with Gasteiger partial charge in [-0.15, -0.1) is 0 Å². The maximum Gasteiger partial charge on any atom is 0.341 e. The van der Waals surface area contributed by atoms with Crippen LogP contribution >= 0.6 is 0 Å². The van der Waals surface area contributed by atoms with E-state index in [1.165, 1.54) is 6.20 Å². The number of hydrogen-bond acceptors (Lipinski definition) is 6. The molecule has 1 atom stereocenters. The second kappa shape index (κ2) is 8.68. The smallest absolute Gasteiger partial charge is 0.341 e. The number of carbonyl (C=O) groups excluding carboxylic acids is 1. The van der Waals surface area contributed by atoms with E-state index in [4.69, 9.17) is 14.6 Å². The Morgan fingerprint density at radius 2 is 2.35 bits per heavy atom. The van der Waals surface area contributed by atoms with Crippen LogP contribution in [0.2, 0.25) is 0 Å². The number of aryl methyl sites for hydroxylation is 1. The predicted molar refractivity (Wildman–Crippen MR) is 73.4 cm³/mol. The molecule has 0 fully saturated rings. The molecule has 0 radical (unpaired) electrons. The topological polar surface area (TPSA) is 85.6 Å². The fraction of sp³-hybridized carbons (Fsp3) is 0.692. The lowest BCUT2D eigenvalue weighted by atomic mass is 10.2. The Bertz CT molecular complexity index is 414. The third kappa shape index (κ3) is 4.59. The molecule has 7 heteroatoms. The molecule has 1 aromatic heterocycles. The molecule has 0 aliphatic rings. The molecule has 0 aliphatic carbocycles. The van der Waals surface area contributed by atoms with Crippen LogP contribution in [0.1, 0.15) is 29.4 Å². The average Bonchev–Trinajstić information content (AvgIpc) is 2.78. The van der Waals surface area contributed by atoms with Crippen molar-refractivity contribution >= 4 is 5.97 Å². The minimum absolute atomic E-state index is 0.0231. The van der Waals surface area contributed by atoms with Crippen molar-refractivity contribution in [2.24, 2.45) is 7.05 Å². The Morgan fingerprint density at radius 3 is 2.95 bits per heavy atom. The van der Waals surface area contributed by atoms with Crippen LogP contribution in [0.15, 0.2) is 6.20 Å². The van der Waals surface area contributed by atoms with Gasteiger partial charge >= 0.3 is 5.97 Å². The molecule has 1 aromatic rings. The number of hydrogen-bond donors (Lipinski definition) is 2. The number of aliphatic hydroxyl groups excluding tert-OH is 1. The predicted octanol–water partition coefficient (Wildman–Crippen LogP) is 0.0838. The fourth-order valence-electron chi connectivity index (χ4n) is 1.89. The number of nitrogens with one attached hydrogen (secondary N) is 1. The van der Waals surface area contributed by atoms with Gasteiger partial charge in [0.25, 0.3) is 0 Å². The van der Waals surface area contributed by atoms with Crippen molar-refractivity contribution in [3.05, 3.63) is 17.5 Å². The highest BCUT2D eigenvalue weighted by Crippen LogP contribution is 2.10. The lowest BCUT2D eigenvalue weighted by molar-refractivity contribution is 0.0524. The van der Waals surface area contributed by atoms with E-state index in [1.54, 1.807) is 25.8 Å². The first-order chi connectivity index (χ1) is 9.63. The summed E-state index contributed by atoms with van der Waals surface area (Å²) in [6.07, 6.45) is 2.09. The average molecular weight is 285 g/mol. The van der Waals surface area contributed by atoms with Gasteiger partial charge in [-0.05, 0) is 13.3 Å². The number of methoxy groups -OCH3 is 1. The Balaban J connectivity index is 2.70. The van der Waals surface area contributed by atoms with Gasteiger partial charge in [-0.1, -0.05) is 0 Å². The first-order valence-corrected chi connectivity index (χ1v) is 6.65. The molecule has 0 bridgehead atoms. The van der Waals surface area contributed by atoms with E-state index < -0.39 is 0 Å². The zero-order valence-corrected chi connectivity index (χ0v) is 12.3. The Labute approximate surface area is 118 Å². The van der Waals surface area contributed by atoms with Crippen LogP contribution < -0.4 is 5.32 Å². The summed E-state index contributed by atoms with van der Waals surface area (Å²) in [6, 6.07) is 0.0231. The van der Waals surface area contributed by atoms with E-state index >= 15 is 0 Å². The lowest BCUT2D eigenvalue weighted by Crippen LogP contribution is -2.34. The summed E-state index contributed by atoms with van der Waals surface area (Å²) < 4.78 is 11.7. The largest absolute Gasteiger partial charge is 0.462 e. The van der Waals surface area contributed by atoms with Crippen LogP contribution in [0.5, 0.6) is 0 Å². The van der Waals surface area contributed by atoms with Gasteiger partial charge in [0.05, 0.1) is 25.1 Å². The SMILES string of the molecule is CCOC(=O)c1cnn(C)c1CNC(CCO)COC. The van der Waals surface area contributed by atoms with E-state index in [0.29, 0.717) is 31.7 Å². The van der Waals surface area contributed by atoms with Crippen LogP contribution in [-0.2, 0) is 23.1 Å². The molecule has 20 heavy (non-hydrogen) atoms. The van der Waals surface area contributed by atoms with Gasteiger partial charge in [0, 0.05) is 33.4 Å². The van der Waals surface area contributed by atoms with Gasteiger partial charge in [0.2, 0.25) is 0 Å². The van der Waals surface area contributed by atoms with Crippen molar-refractivity contribution in [3.8, 4) is 0 Å². The highest BCUT2D eigenvalue weighted by atomic mass is 16.5. The molecule has 0 saturated heterocycles. The van der Waals surface area contributed by atoms with Crippen molar-refractivity contribution in [1.29, 1.82) is 0 Å². The van der Waals surface area contributed by atoms with Gasteiger partial charge in [-0.3, -0.25) is 4.68 Å². The van der Waals surface area contributed by atoms with Crippen molar-refractivity contribution in [2.75, 3.05) is 26.9 Å². The summed E-state index contributed by atoms with van der Waals surface area (Å²) in [5.41, 5.74) is 1.21.